The minimum absolute atomic E-state index is 0. The molecule has 0 heterocycles. The van der Waals surface area contributed by atoms with Crippen LogP contribution < -0.4 is 29.6 Å². The first-order valence-electron chi connectivity index (χ1n) is 12.6. The minimum Gasteiger partial charge on any atom is -0.870 e. The maximum atomic E-state index is 6.34. The topological polar surface area (TPSA) is 30.0 Å². The molecule has 0 aliphatic heterocycles. The number of halogens is 3. The molecule has 0 bridgehead atoms. The summed E-state index contributed by atoms with van der Waals surface area (Å²) in [6.07, 6.45) is 27.7. The minimum atomic E-state index is 0. The van der Waals surface area contributed by atoms with Crippen LogP contribution in [-0.2, 0) is 0 Å². The Morgan fingerprint density at radius 3 is 0.769 bits per heavy atom. The largest absolute Gasteiger partial charge is 1.00 e. The number of unbranched alkanes of at least 4 members (excludes halogenated alkanes) is 1. The molecule has 0 aliphatic rings. The third-order valence-electron chi connectivity index (χ3n) is 1.07. The molecule has 230 valence electrons. The molecule has 0 saturated heterocycles. The van der Waals surface area contributed by atoms with Gasteiger partial charge in [-0.1, -0.05) is 107 Å². The maximum absolute atomic E-state index is 6.34. The summed E-state index contributed by atoms with van der Waals surface area (Å²) in [5.74, 6) is 15.1. The van der Waals surface area contributed by atoms with Crippen molar-refractivity contribution in [2.24, 2.45) is 0 Å². The molecule has 0 unspecified atom stereocenters. The van der Waals surface area contributed by atoms with Gasteiger partial charge in [-0.2, -0.15) is 63.1 Å². The van der Waals surface area contributed by atoms with Gasteiger partial charge in [0.2, 0.25) is 0 Å². The predicted octanol–water partition coefficient (Wildman–Crippen LogP) is 7.23. The number of terminal acetylenes is 6. The van der Waals surface area contributed by atoms with E-state index in [1.807, 2.05) is 58.2 Å². The second kappa shape index (κ2) is 266. The average Bonchev–Trinajstić information content (AvgIpc) is 3.08. The van der Waals surface area contributed by atoms with Gasteiger partial charge in [0.25, 0.3) is 0 Å². The molecule has 10 heteroatoms. The van der Waals surface area contributed by atoms with E-state index in [2.05, 4.69) is 173 Å². The molecule has 1 N–H and O–H groups in total. The quantitative estimate of drug-likeness (QED) is 0.0622. The second-order valence-electron chi connectivity index (χ2n) is 3.17. The molecule has 0 aromatic rings. The predicted molar refractivity (Wildman–Crippen MR) is 233 cm³/mol. The molecule has 0 amide bonds. The SMILES string of the molecule is C#CCC.CI.CS.CS.CS.CS.CS.[3H]C#CCC.[3H]C#CCC.[3H]C#CCCC.[3H]C#CCI.[3H]C#CCI.[Na+].[OH-]. The number of alkyl halides is 3. The summed E-state index contributed by atoms with van der Waals surface area (Å²) >= 11 is 24.0. The van der Waals surface area contributed by atoms with Gasteiger partial charge >= 0.3 is 29.6 Å². The first-order chi connectivity index (χ1) is 20.5. The van der Waals surface area contributed by atoms with Crippen molar-refractivity contribution in [2.75, 3.05) is 45.1 Å². The molecule has 0 spiro atoms. The van der Waals surface area contributed by atoms with E-state index in [0.717, 1.165) is 41.0 Å². The zero-order chi connectivity index (χ0) is 36.7. The molecule has 1 nitrogen and oxygen atoms in total. The third-order valence-corrected chi connectivity index (χ3v) is 1.83. The van der Waals surface area contributed by atoms with Crippen LogP contribution in [0.5, 0.6) is 0 Å². The van der Waals surface area contributed by atoms with Gasteiger partial charge in [-0.25, -0.2) is 0 Å². The first kappa shape index (κ1) is 64.3. The van der Waals surface area contributed by atoms with E-state index in [9.17, 15) is 0 Å². The van der Waals surface area contributed by atoms with Crippen molar-refractivity contribution in [3.63, 3.8) is 0 Å². The molecule has 0 aliphatic carbocycles. The van der Waals surface area contributed by atoms with Crippen LogP contribution in [0.3, 0.4) is 0 Å². The Balaban J connectivity index is -0.0000000190. The zero-order valence-corrected chi connectivity index (χ0v) is 38.8. The second-order valence-corrected chi connectivity index (χ2v) is 4.69. The maximum Gasteiger partial charge on any atom is 1.00 e. The van der Waals surface area contributed by atoms with E-state index in [1.165, 1.54) is 0 Å². The summed E-state index contributed by atoms with van der Waals surface area (Å²) in [5.41, 5.74) is 0. The van der Waals surface area contributed by atoms with Crippen LogP contribution in [0.25, 0.3) is 0 Å². The molecule has 0 aromatic heterocycles. The van der Waals surface area contributed by atoms with Crippen molar-refractivity contribution in [1.82, 2.24) is 0 Å². The van der Waals surface area contributed by atoms with Gasteiger partial charge in [0.05, 0.1) is 8.86 Å². The van der Waals surface area contributed by atoms with Crippen LogP contribution in [0.15, 0.2) is 0 Å². The Kier molecular flexibility index (Phi) is 439. The fourth-order valence-electron chi connectivity index (χ4n) is 0.125. The number of rotatable bonds is 1. The van der Waals surface area contributed by atoms with Crippen molar-refractivity contribution >= 4 is 131 Å². The van der Waals surface area contributed by atoms with Gasteiger partial charge in [0.15, 0.2) is 0 Å². The summed E-state index contributed by atoms with van der Waals surface area (Å²) in [5, 5.41) is 0. The van der Waals surface area contributed by atoms with Crippen LogP contribution in [0, 0.1) is 73.9 Å². The Morgan fingerprint density at radius 2 is 0.744 bits per heavy atom. The fourth-order valence-corrected chi connectivity index (χ4v) is 0.125. The Bertz CT molecular complexity index is 590. The van der Waals surface area contributed by atoms with E-state index in [1.54, 1.807) is 31.3 Å². The molecule has 0 saturated carbocycles. The standard InChI is InChI=1S/C5H8.3C4H6.2C3H3I.CH3I.5CH4S.Na.H2O/c1-3-5-4-2;3*1-3-4-2;2*1-2-3-4;6*1-2;;/h1H,4-5H2,2H3;3*1H,4H2,2H3;2*1H,3H2;1H3;5*2H,1H3;;1H2/q;;;;;;;;;;;;+1;/p-1/i3*1T;;2*1T;;;;;;;;. The van der Waals surface area contributed by atoms with Crippen molar-refractivity contribution in [3.8, 4) is 73.9 Å². The molecular weight excluding hydrogens is 928 g/mol. The van der Waals surface area contributed by atoms with Gasteiger partial charge in [-0.3, -0.25) is 0 Å². The number of thiol groups is 5. The summed E-state index contributed by atoms with van der Waals surface area (Å²) in [7, 11) is 0. The molecule has 0 fully saturated rings. The van der Waals surface area contributed by atoms with E-state index in [-0.39, 0.29) is 35.0 Å². The average molecular weight is 995 g/mol. The van der Waals surface area contributed by atoms with E-state index < -0.39 is 0 Å². The molecule has 39 heavy (non-hydrogen) atoms. The van der Waals surface area contributed by atoms with E-state index >= 15 is 0 Å². The van der Waals surface area contributed by atoms with Crippen LogP contribution in [0.2, 0.25) is 0 Å². The van der Waals surface area contributed by atoms with Crippen molar-refractivity contribution in [3.05, 3.63) is 0 Å². The van der Waals surface area contributed by atoms with Gasteiger partial charge in [-0.15, -0.1) is 62.1 Å². The van der Waals surface area contributed by atoms with Gasteiger partial charge in [-0.05, 0) is 42.6 Å². The van der Waals surface area contributed by atoms with E-state index in [0.29, 0.717) is 0 Å². The van der Waals surface area contributed by atoms with Crippen molar-refractivity contribution in [2.45, 2.75) is 59.8 Å². The monoisotopic (exact) mass is 994 g/mol. The van der Waals surface area contributed by atoms with Crippen molar-refractivity contribution < 1.29 is 41.9 Å². The molecule has 0 rings (SSSR count). The summed E-state index contributed by atoms with van der Waals surface area (Å²) in [6, 6.07) is 0. The van der Waals surface area contributed by atoms with Crippen LogP contribution in [0.1, 0.15) is 66.7 Å². The first-order valence-corrected chi connectivity index (χ1v) is 19.8. The van der Waals surface area contributed by atoms with Crippen LogP contribution in [-0.4, -0.2) is 50.5 Å². The Hall–Kier alpha value is 2.26. The Labute approximate surface area is 346 Å². The molecule has 0 aromatic carbocycles. The molecular formula is C29H56I3NaOS5. The number of hydrogen-bond donors (Lipinski definition) is 5. The van der Waals surface area contributed by atoms with Gasteiger partial charge in [0.1, 0.15) is 6.85 Å². The van der Waals surface area contributed by atoms with Gasteiger partial charge in [0, 0.05) is 25.7 Å². The zero-order valence-electron chi connectivity index (χ0n) is 30.8. The summed E-state index contributed by atoms with van der Waals surface area (Å²) < 4.78 is 32.8. The fraction of sp³-hybridized carbons (Fsp3) is 0.586. The van der Waals surface area contributed by atoms with Crippen molar-refractivity contribution in [1.29, 1.82) is 0 Å². The van der Waals surface area contributed by atoms with Crippen LogP contribution in [0.4, 0.5) is 0 Å². The summed E-state index contributed by atoms with van der Waals surface area (Å²) in [6.45, 7) is 7.83. The molecule has 0 atom stereocenters. The smallest absolute Gasteiger partial charge is 0.870 e. The Morgan fingerprint density at radius 1 is 0.538 bits per heavy atom. The molecule has 0 radical (unpaired) electrons. The third kappa shape index (κ3) is 687. The van der Waals surface area contributed by atoms with Crippen LogP contribution >= 0.6 is 131 Å². The number of hydrogen-bond acceptors (Lipinski definition) is 6. The van der Waals surface area contributed by atoms with E-state index in [4.69, 9.17) is 13.3 Å². The van der Waals surface area contributed by atoms with Gasteiger partial charge < -0.3 is 5.48 Å². The summed E-state index contributed by atoms with van der Waals surface area (Å²) in [4.78, 5) is 1.97. The normalized spacial score (nSPS) is 5.21.